The number of anilines is 1. The van der Waals surface area contributed by atoms with Gasteiger partial charge in [-0.05, 0) is 42.9 Å². The van der Waals surface area contributed by atoms with Gasteiger partial charge >= 0.3 is 0 Å². The lowest BCUT2D eigenvalue weighted by atomic mass is 10.1. The Balaban J connectivity index is 1.62. The summed E-state index contributed by atoms with van der Waals surface area (Å²) in [5.41, 5.74) is 3.00. The third-order valence-electron chi connectivity index (χ3n) is 5.65. The first-order chi connectivity index (χ1) is 15.2. The van der Waals surface area contributed by atoms with E-state index in [1.165, 1.54) is 5.56 Å². The van der Waals surface area contributed by atoms with Crippen LogP contribution in [-0.4, -0.2) is 61.4 Å². The third kappa shape index (κ3) is 5.12. The second-order valence-electron chi connectivity index (χ2n) is 7.58. The van der Waals surface area contributed by atoms with E-state index >= 15 is 0 Å². The number of hydrogen-bond donors (Lipinski definition) is 0. The molecule has 0 unspecified atom stereocenters. The second kappa shape index (κ2) is 10.6. The van der Waals surface area contributed by atoms with Crippen molar-refractivity contribution in [2.75, 3.05) is 50.5 Å². The Hall–Kier alpha value is -1.93. The molecule has 1 fully saturated rings. The number of aryl methyl sites for hydroxylation is 1. The maximum atomic E-state index is 13.7. The average molecular weight is 456 g/mol. The standard InChI is InChI=1S/C24H29N3O2S2/c1-3-18-8-6-11-21-22(18)25-24(31-21)27(13-7-12-26-14-16-29-17-15-26)23(28)19-9-4-5-10-20(19)30-2/h4-6,8-11H,3,7,12-17H2,1-2H3. The molecule has 0 N–H and O–H groups in total. The molecule has 0 atom stereocenters. The van der Waals surface area contributed by atoms with Gasteiger partial charge in [0.1, 0.15) is 0 Å². The summed E-state index contributed by atoms with van der Waals surface area (Å²) in [4.78, 5) is 23.9. The number of thiazole rings is 1. The maximum Gasteiger partial charge on any atom is 0.261 e. The second-order valence-corrected chi connectivity index (χ2v) is 9.44. The largest absolute Gasteiger partial charge is 0.379 e. The van der Waals surface area contributed by atoms with Crippen LogP contribution in [-0.2, 0) is 11.2 Å². The van der Waals surface area contributed by atoms with Gasteiger partial charge in [0, 0.05) is 31.1 Å². The first-order valence-corrected chi connectivity index (χ1v) is 12.9. The molecule has 1 amide bonds. The summed E-state index contributed by atoms with van der Waals surface area (Å²) < 4.78 is 6.59. The Morgan fingerprint density at radius 3 is 2.77 bits per heavy atom. The topological polar surface area (TPSA) is 45.7 Å². The quantitative estimate of drug-likeness (QED) is 0.450. The Bertz CT molecular complexity index is 1030. The maximum absolute atomic E-state index is 13.7. The van der Waals surface area contributed by atoms with E-state index in [1.807, 2.05) is 35.4 Å². The molecule has 164 valence electrons. The summed E-state index contributed by atoms with van der Waals surface area (Å²) >= 11 is 3.22. The summed E-state index contributed by atoms with van der Waals surface area (Å²) in [6.07, 6.45) is 3.85. The molecule has 31 heavy (non-hydrogen) atoms. The van der Waals surface area contributed by atoms with Crippen molar-refractivity contribution in [3.63, 3.8) is 0 Å². The van der Waals surface area contributed by atoms with E-state index in [4.69, 9.17) is 9.72 Å². The number of hydrogen-bond acceptors (Lipinski definition) is 6. The zero-order chi connectivity index (χ0) is 21.6. The fourth-order valence-corrected chi connectivity index (χ4v) is 5.55. The van der Waals surface area contributed by atoms with Crippen molar-refractivity contribution in [2.45, 2.75) is 24.7 Å². The lowest BCUT2D eigenvalue weighted by Crippen LogP contribution is -2.39. The van der Waals surface area contributed by atoms with Crippen LogP contribution in [0.4, 0.5) is 5.13 Å². The van der Waals surface area contributed by atoms with Gasteiger partial charge in [-0.15, -0.1) is 11.8 Å². The molecule has 0 bridgehead atoms. The van der Waals surface area contributed by atoms with E-state index in [9.17, 15) is 4.79 Å². The van der Waals surface area contributed by atoms with E-state index in [-0.39, 0.29) is 5.91 Å². The van der Waals surface area contributed by atoms with Gasteiger partial charge in [0.05, 0.1) is 29.0 Å². The zero-order valence-corrected chi connectivity index (χ0v) is 19.8. The number of aromatic nitrogens is 1. The molecule has 2 aromatic carbocycles. The van der Waals surface area contributed by atoms with Gasteiger partial charge in [-0.3, -0.25) is 14.6 Å². The number of morpholine rings is 1. The predicted octanol–water partition coefficient (Wildman–Crippen LogP) is 4.95. The van der Waals surface area contributed by atoms with Crippen LogP contribution in [0.5, 0.6) is 0 Å². The number of rotatable bonds is 8. The van der Waals surface area contributed by atoms with Crippen LogP contribution in [0, 0.1) is 0 Å². The van der Waals surface area contributed by atoms with E-state index < -0.39 is 0 Å². The molecule has 1 aliphatic rings. The smallest absolute Gasteiger partial charge is 0.261 e. The summed E-state index contributed by atoms with van der Waals surface area (Å²) in [6, 6.07) is 14.2. The molecule has 0 aliphatic carbocycles. The molecule has 1 aliphatic heterocycles. The highest BCUT2D eigenvalue weighted by molar-refractivity contribution is 7.98. The number of fused-ring (bicyclic) bond motifs is 1. The molecular formula is C24H29N3O2S2. The van der Waals surface area contributed by atoms with Gasteiger partial charge in [0.2, 0.25) is 0 Å². The molecule has 0 spiro atoms. The number of nitrogens with zero attached hydrogens (tertiary/aromatic N) is 3. The molecule has 7 heteroatoms. The first kappa shape index (κ1) is 22.3. The van der Waals surface area contributed by atoms with Crippen molar-refractivity contribution >= 4 is 44.4 Å². The molecular weight excluding hydrogens is 426 g/mol. The molecule has 3 aromatic rings. The van der Waals surface area contributed by atoms with Gasteiger partial charge in [0.25, 0.3) is 5.91 Å². The fraction of sp³-hybridized carbons (Fsp3) is 0.417. The zero-order valence-electron chi connectivity index (χ0n) is 18.2. The minimum atomic E-state index is 0.0315. The number of thioether (sulfide) groups is 1. The van der Waals surface area contributed by atoms with Crippen molar-refractivity contribution in [3.05, 3.63) is 53.6 Å². The highest BCUT2D eigenvalue weighted by Crippen LogP contribution is 2.33. The van der Waals surface area contributed by atoms with Gasteiger partial charge in [-0.1, -0.05) is 42.5 Å². The molecule has 5 nitrogen and oxygen atoms in total. The van der Waals surface area contributed by atoms with Crippen molar-refractivity contribution in [2.24, 2.45) is 0 Å². The third-order valence-corrected chi connectivity index (χ3v) is 7.48. The minimum absolute atomic E-state index is 0.0315. The highest BCUT2D eigenvalue weighted by Gasteiger charge is 2.24. The van der Waals surface area contributed by atoms with Gasteiger partial charge in [-0.25, -0.2) is 4.98 Å². The van der Waals surface area contributed by atoms with E-state index in [2.05, 4.69) is 30.0 Å². The molecule has 0 saturated carbocycles. The van der Waals surface area contributed by atoms with Crippen LogP contribution in [0.25, 0.3) is 10.2 Å². The summed E-state index contributed by atoms with van der Waals surface area (Å²) in [5.74, 6) is 0.0315. The molecule has 1 saturated heterocycles. The van der Waals surface area contributed by atoms with Crippen molar-refractivity contribution in [3.8, 4) is 0 Å². The summed E-state index contributed by atoms with van der Waals surface area (Å²) in [7, 11) is 0. The number of benzene rings is 2. The van der Waals surface area contributed by atoms with Crippen LogP contribution >= 0.6 is 23.1 Å². The molecule has 0 radical (unpaired) electrons. The minimum Gasteiger partial charge on any atom is -0.379 e. The molecule has 2 heterocycles. The Morgan fingerprint density at radius 1 is 1.19 bits per heavy atom. The lowest BCUT2D eigenvalue weighted by molar-refractivity contribution is 0.0376. The van der Waals surface area contributed by atoms with Crippen LogP contribution in [0.1, 0.15) is 29.3 Å². The average Bonchev–Trinajstić information content (AvgIpc) is 3.26. The number of carbonyl (C=O) groups excluding carboxylic acids is 1. The predicted molar refractivity (Wildman–Crippen MR) is 131 cm³/mol. The van der Waals surface area contributed by atoms with Crippen molar-refractivity contribution in [1.82, 2.24) is 9.88 Å². The van der Waals surface area contributed by atoms with Gasteiger partial charge in [0.15, 0.2) is 5.13 Å². The highest BCUT2D eigenvalue weighted by atomic mass is 32.2. The van der Waals surface area contributed by atoms with Crippen LogP contribution in [0.15, 0.2) is 47.4 Å². The monoisotopic (exact) mass is 455 g/mol. The Labute approximate surface area is 192 Å². The number of para-hydroxylation sites is 1. The Kier molecular flexibility index (Phi) is 7.61. The normalized spacial score (nSPS) is 14.8. The van der Waals surface area contributed by atoms with E-state index in [0.29, 0.717) is 6.54 Å². The van der Waals surface area contributed by atoms with Crippen LogP contribution in [0.3, 0.4) is 0 Å². The van der Waals surface area contributed by atoms with E-state index in [0.717, 1.165) is 71.5 Å². The Morgan fingerprint density at radius 2 is 2.00 bits per heavy atom. The van der Waals surface area contributed by atoms with Gasteiger partial charge < -0.3 is 4.74 Å². The van der Waals surface area contributed by atoms with E-state index in [1.54, 1.807) is 23.1 Å². The SMILES string of the molecule is CCc1cccc2sc(N(CCCN3CCOCC3)C(=O)c3ccccc3SC)nc12. The van der Waals surface area contributed by atoms with Gasteiger partial charge in [-0.2, -0.15) is 0 Å². The first-order valence-electron chi connectivity index (χ1n) is 10.8. The number of carbonyl (C=O) groups is 1. The number of ether oxygens (including phenoxy) is 1. The molecule has 1 aromatic heterocycles. The van der Waals surface area contributed by atoms with Crippen molar-refractivity contribution < 1.29 is 9.53 Å². The van der Waals surface area contributed by atoms with Crippen molar-refractivity contribution in [1.29, 1.82) is 0 Å². The lowest BCUT2D eigenvalue weighted by Gasteiger charge is -2.28. The molecule has 4 rings (SSSR count). The van der Waals surface area contributed by atoms with Crippen LogP contribution in [0.2, 0.25) is 0 Å². The van der Waals surface area contributed by atoms with Crippen LogP contribution < -0.4 is 4.90 Å². The summed E-state index contributed by atoms with van der Waals surface area (Å²) in [5, 5.41) is 0.791. The summed E-state index contributed by atoms with van der Waals surface area (Å²) in [6.45, 7) is 7.27. The fourth-order valence-electron chi connectivity index (χ4n) is 3.92. The number of amides is 1.